The highest BCUT2D eigenvalue weighted by Crippen LogP contribution is 2.46. The first-order valence-electron chi connectivity index (χ1n) is 19.5. The number of hydrogen-bond acceptors (Lipinski definition) is 1. The van der Waals surface area contributed by atoms with Crippen LogP contribution in [0.1, 0.15) is 11.1 Å². The van der Waals surface area contributed by atoms with Crippen molar-refractivity contribution in [3.05, 3.63) is 223 Å². The van der Waals surface area contributed by atoms with Gasteiger partial charge in [-0.15, -0.1) is 0 Å². The van der Waals surface area contributed by atoms with Gasteiger partial charge in [-0.05, 0) is 143 Å². The van der Waals surface area contributed by atoms with E-state index in [0.29, 0.717) is 0 Å². The van der Waals surface area contributed by atoms with E-state index < -0.39 is 0 Å². The lowest BCUT2D eigenvalue weighted by atomic mass is 9.91. The summed E-state index contributed by atoms with van der Waals surface area (Å²) in [4.78, 5) is 2.41. The maximum atomic E-state index is 2.43. The fourth-order valence-electron chi connectivity index (χ4n) is 8.94. The summed E-state index contributed by atoms with van der Waals surface area (Å²) in [6.07, 6.45) is 0.948. The van der Waals surface area contributed by atoms with Crippen molar-refractivity contribution in [2.75, 3.05) is 4.90 Å². The number of hydrogen-bond donors (Lipinski definition) is 0. The van der Waals surface area contributed by atoms with Crippen LogP contribution >= 0.6 is 0 Å². The van der Waals surface area contributed by atoms with E-state index in [2.05, 4.69) is 217 Å². The average molecular weight is 712 g/mol. The van der Waals surface area contributed by atoms with Crippen LogP contribution in [-0.2, 0) is 6.42 Å². The van der Waals surface area contributed by atoms with Crippen LogP contribution in [0, 0.1) is 0 Å². The van der Waals surface area contributed by atoms with Gasteiger partial charge in [0.15, 0.2) is 0 Å². The molecule has 0 heterocycles. The van der Waals surface area contributed by atoms with Gasteiger partial charge in [0, 0.05) is 17.1 Å². The summed E-state index contributed by atoms with van der Waals surface area (Å²) in [5, 5.41) is 7.69. The third-order valence-corrected chi connectivity index (χ3v) is 11.6. The van der Waals surface area contributed by atoms with Crippen LogP contribution in [0.15, 0.2) is 212 Å². The molecular formula is C55H37N. The molecule has 0 bridgehead atoms. The molecule has 0 atom stereocenters. The second kappa shape index (κ2) is 13.3. The zero-order valence-electron chi connectivity index (χ0n) is 30.9. The molecule has 0 saturated heterocycles. The van der Waals surface area contributed by atoms with Crippen molar-refractivity contribution in [2.45, 2.75) is 6.42 Å². The number of benzene rings is 10. The summed E-state index contributed by atoms with van der Waals surface area (Å²) in [6.45, 7) is 0. The summed E-state index contributed by atoms with van der Waals surface area (Å²) >= 11 is 0. The van der Waals surface area contributed by atoms with Gasteiger partial charge in [0.1, 0.15) is 0 Å². The molecule has 0 amide bonds. The maximum Gasteiger partial charge on any atom is 0.0468 e. The van der Waals surface area contributed by atoms with Crippen LogP contribution < -0.4 is 4.90 Å². The van der Waals surface area contributed by atoms with Gasteiger partial charge >= 0.3 is 0 Å². The van der Waals surface area contributed by atoms with Crippen LogP contribution in [0.2, 0.25) is 0 Å². The van der Waals surface area contributed by atoms with Gasteiger partial charge in [-0.3, -0.25) is 0 Å². The van der Waals surface area contributed by atoms with Crippen LogP contribution in [-0.4, -0.2) is 0 Å². The van der Waals surface area contributed by atoms with Crippen LogP contribution in [0.25, 0.3) is 76.8 Å². The van der Waals surface area contributed by atoms with E-state index in [9.17, 15) is 0 Å². The van der Waals surface area contributed by atoms with Crippen molar-refractivity contribution >= 4 is 49.4 Å². The Kier molecular flexibility index (Phi) is 7.64. The van der Waals surface area contributed by atoms with E-state index in [4.69, 9.17) is 0 Å². The first kappa shape index (κ1) is 32.2. The van der Waals surface area contributed by atoms with E-state index in [1.54, 1.807) is 0 Å². The number of fused-ring (bicyclic) bond motifs is 8. The lowest BCUT2D eigenvalue weighted by Crippen LogP contribution is -2.10. The van der Waals surface area contributed by atoms with Gasteiger partial charge in [-0.25, -0.2) is 0 Å². The minimum absolute atomic E-state index is 0.948. The molecule has 0 aliphatic heterocycles. The maximum absolute atomic E-state index is 2.43. The Bertz CT molecular complexity index is 3110. The molecule has 1 aliphatic carbocycles. The van der Waals surface area contributed by atoms with Gasteiger partial charge < -0.3 is 4.90 Å². The third-order valence-electron chi connectivity index (χ3n) is 11.6. The van der Waals surface area contributed by atoms with Gasteiger partial charge in [0.05, 0.1) is 0 Å². The van der Waals surface area contributed by atoms with Crippen molar-refractivity contribution in [2.24, 2.45) is 0 Å². The average Bonchev–Trinajstić information content (AvgIpc) is 3.65. The van der Waals surface area contributed by atoms with E-state index in [-0.39, 0.29) is 0 Å². The monoisotopic (exact) mass is 711 g/mol. The zero-order chi connectivity index (χ0) is 37.0. The highest BCUT2D eigenvalue weighted by Gasteiger charge is 2.24. The second-order valence-electron chi connectivity index (χ2n) is 14.9. The quantitative estimate of drug-likeness (QED) is 0.155. The molecule has 0 saturated carbocycles. The Morgan fingerprint density at radius 2 is 0.857 bits per heavy atom. The zero-order valence-corrected chi connectivity index (χ0v) is 30.9. The minimum Gasteiger partial charge on any atom is -0.310 e. The van der Waals surface area contributed by atoms with E-state index in [1.165, 1.54) is 88.0 Å². The minimum atomic E-state index is 0.948. The van der Waals surface area contributed by atoms with Crippen molar-refractivity contribution < 1.29 is 0 Å². The number of nitrogens with zero attached hydrogens (tertiary/aromatic N) is 1. The Morgan fingerprint density at radius 1 is 0.286 bits per heavy atom. The number of rotatable bonds is 6. The largest absolute Gasteiger partial charge is 0.310 e. The molecule has 1 nitrogen and oxygen atoms in total. The standard InChI is InChI=1S/C55H37N/c1-3-13-37(14-4-1)40-18-11-20-45(31-40)56(47-29-30-49-43(33-47)27-25-39-17-7-8-22-48(39)49)46-21-12-19-41(32-46)42-26-28-44-35-54-51-24-10-9-23-50(51)53(36-55(54)52(44)34-42)38-15-5-2-6-16-38/h1-34,36H,35H2. The summed E-state index contributed by atoms with van der Waals surface area (Å²) in [5.74, 6) is 0. The molecule has 262 valence electrons. The Labute approximate surface area is 327 Å². The second-order valence-corrected chi connectivity index (χ2v) is 14.9. The number of anilines is 3. The molecule has 11 rings (SSSR count). The summed E-state index contributed by atoms with van der Waals surface area (Å²) < 4.78 is 0. The SMILES string of the molecule is c1ccc(-c2cccc(N(c3cccc(-c4ccc5c(c4)-c4cc(-c6ccccc6)c6ccccc6c4C5)c3)c3ccc4c(ccc5ccccc54)c3)c2)cc1. The molecule has 0 fully saturated rings. The van der Waals surface area contributed by atoms with E-state index in [1.807, 2.05) is 0 Å². The van der Waals surface area contributed by atoms with Crippen molar-refractivity contribution in [3.8, 4) is 44.5 Å². The molecule has 0 radical (unpaired) electrons. The molecule has 1 heteroatoms. The Hall–Kier alpha value is -7.22. The predicted molar refractivity (Wildman–Crippen MR) is 238 cm³/mol. The lowest BCUT2D eigenvalue weighted by molar-refractivity contribution is 1.28. The molecule has 0 spiro atoms. The van der Waals surface area contributed by atoms with Crippen molar-refractivity contribution in [1.82, 2.24) is 0 Å². The topological polar surface area (TPSA) is 3.24 Å². The Morgan fingerprint density at radius 3 is 1.62 bits per heavy atom. The molecule has 56 heavy (non-hydrogen) atoms. The van der Waals surface area contributed by atoms with Gasteiger partial charge in [0.2, 0.25) is 0 Å². The molecule has 0 aromatic heterocycles. The molecule has 1 aliphatic rings. The van der Waals surface area contributed by atoms with Gasteiger partial charge in [0.25, 0.3) is 0 Å². The van der Waals surface area contributed by atoms with Gasteiger partial charge in [-0.2, -0.15) is 0 Å². The smallest absolute Gasteiger partial charge is 0.0468 e. The van der Waals surface area contributed by atoms with Crippen molar-refractivity contribution in [1.29, 1.82) is 0 Å². The van der Waals surface area contributed by atoms with Crippen molar-refractivity contribution in [3.63, 3.8) is 0 Å². The fraction of sp³-hybridized carbons (Fsp3) is 0.0182. The third kappa shape index (κ3) is 5.48. The molecule has 0 N–H and O–H groups in total. The summed E-state index contributed by atoms with van der Waals surface area (Å²) in [6, 6.07) is 77.9. The van der Waals surface area contributed by atoms with E-state index in [0.717, 1.165) is 23.5 Å². The molecular weight excluding hydrogens is 675 g/mol. The first-order valence-corrected chi connectivity index (χ1v) is 19.5. The normalized spacial score (nSPS) is 11.9. The fourth-order valence-corrected chi connectivity index (χ4v) is 8.94. The van der Waals surface area contributed by atoms with Crippen LogP contribution in [0.4, 0.5) is 17.1 Å². The predicted octanol–water partition coefficient (Wildman–Crippen LogP) is 15.2. The molecule has 10 aromatic rings. The lowest BCUT2D eigenvalue weighted by Gasteiger charge is -2.27. The molecule has 10 aromatic carbocycles. The van der Waals surface area contributed by atoms with Gasteiger partial charge in [-0.1, -0.05) is 164 Å². The van der Waals surface area contributed by atoms with Crippen LogP contribution in [0.3, 0.4) is 0 Å². The first-order chi connectivity index (χ1) is 27.7. The highest BCUT2D eigenvalue weighted by atomic mass is 15.1. The summed E-state index contributed by atoms with van der Waals surface area (Å²) in [5.41, 5.74) is 16.2. The highest BCUT2D eigenvalue weighted by molar-refractivity contribution is 6.09. The summed E-state index contributed by atoms with van der Waals surface area (Å²) in [7, 11) is 0. The Balaban J connectivity index is 1.05. The van der Waals surface area contributed by atoms with Crippen LogP contribution in [0.5, 0.6) is 0 Å². The molecule has 0 unspecified atom stereocenters. The van der Waals surface area contributed by atoms with E-state index >= 15 is 0 Å².